The van der Waals surface area contributed by atoms with E-state index in [1.54, 1.807) is 7.11 Å². The van der Waals surface area contributed by atoms with Crippen molar-refractivity contribution in [2.24, 2.45) is 0 Å². The second-order valence-electron chi connectivity index (χ2n) is 2.85. The lowest BCUT2D eigenvalue weighted by molar-refractivity contribution is 0.414. The van der Waals surface area contributed by atoms with Crippen LogP contribution in [0.5, 0.6) is 5.75 Å². The highest BCUT2D eigenvalue weighted by Gasteiger charge is 2.23. The van der Waals surface area contributed by atoms with Gasteiger partial charge in [-0.15, -0.1) is 0 Å². The summed E-state index contributed by atoms with van der Waals surface area (Å²) in [4.78, 5) is 0. The molecule has 0 N–H and O–H groups in total. The maximum absolute atomic E-state index is 5.06. The third-order valence-corrected chi connectivity index (χ3v) is 2.02. The van der Waals surface area contributed by atoms with E-state index >= 15 is 0 Å². The highest BCUT2D eigenvalue weighted by molar-refractivity contribution is 5.34. The van der Waals surface area contributed by atoms with E-state index in [2.05, 4.69) is 18.6 Å². The van der Waals surface area contributed by atoms with Crippen molar-refractivity contribution in [3.05, 3.63) is 36.2 Å². The van der Waals surface area contributed by atoms with Gasteiger partial charge in [0.1, 0.15) is 5.75 Å². The van der Waals surface area contributed by atoms with Crippen LogP contribution in [0.2, 0.25) is 0 Å². The number of hydrogen-bond acceptors (Lipinski definition) is 1. The number of rotatable bonds is 2. The van der Waals surface area contributed by atoms with Gasteiger partial charge >= 0.3 is 0 Å². The molecule has 1 aromatic carbocycles. The minimum Gasteiger partial charge on any atom is -0.497 e. The number of benzene rings is 1. The molecule has 0 aliphatic heterocycles. The lowest BCUT2D eigenvalue weighted by atomic mass is 10.1. The second kappa shape index (κ2) is 2.57. The van der Waals surface area contributed by atoms with Crippen LogP contribution in [0.3, 0.4) is 0 Å². The first-order valence-corrected chi connectivity index (χ1v) is 3.87. The lowest BCUT2D eigenvalue weighted by Gasteiger charge is -2.00. The number of hydrogen-bond donors (Lipinski definition) is 0. The molecular formula is C10H11O. The van der Waals surface area contributed by atoms with E-state index in [1.807, 2.05) is 12.1 Å². The lowest BCUT2D eigenvalue weighted by Crippen LogP contribution is -1.83. The van der Waals surface area contributed by atoms with Crippen LogP contribution in [0.15, 0.2) is 24.3 Å². The zero-order valence-corrected chi connectivity index (χ0v) is 6.58. The fourth-order valence-corrected chi connectivity index (χ4v) is 1.19. The van der Waals surface area contributed by atoms with Crippen LogP contribution in [0.4, 0.5) is 0 Å². The van der Waals surface area contributed by atoms with Gasteiger partial charge in [-0.3, -0.25) is 0 Å². The molecule has 11 heavy (non-hydrogen) atoms. The van der Waals surface area contributed by atoms with E-state index in [4.69, 9.17) is 4.74 Å². The van der Waals surface area contributed by atoms with Gasteiger partial charge in [-0.1, -0.05) is 12.1 Å². The summed E-state index contributed by atoms with van der Waals surface area (Å²) in [5.74, 6) is 1.66. The van der Waals surface area contributed by atoms with Gasteiger partial charge in [0.05, 0.1) is 7.11 Å². The van der Waals surface area contributed by atoms with E-state index in [-0.39, 0.29) is 0 Å². The third-order valence-electron chi connectivity index (χ3n) is 2.02. The van der Waals surface area contributed by atoms with Crippen LogP contribution in [-0.4, -0.2) is 7.11 Å². The van der Waals surface area contributed by atoms with Crippen LogP contribution in [0.1, 0.15) is 17.9 Å². The topological polar surface area (TPSA) is 9.23 Å². The summed E-state index contributed by atoms with van der Waals surface area (Å²) < 4.78 is 5.06. The molecule has 0 heterocycles. The van der Waals surface area contributed by atoms with Crippen LogP contribution >= 0.6 is 0 Å². The summed E-state index contributed by atoms with van der Waals surface area (Å²) in [5.41, 5.74) is 1.41. The van der Waals surface area contributed by atoms with E-state index < -0.39 is 0 Å². The van der Waals surface area contributed by atoms with Gasteiger partial charge < -0.3 is 4.74 Å². The Morgan fingerprint density at radius 1 is 1.27 bits per heavy atom. The van der Waals surface area contributed by atoms with Crippen molar-refractivity contribution < 1.29 is 4.74 Å². The van der Waals surface area contributed by atoms with E-state index in [0.717, 1.165) is 11.7 Å². The molecule has 57 valence electrons. The summed E-state index contributed by atoms with van der Waals surface area (Å²) in [6.07, 6.45) is 3.55. The first kappa shape index (κ1) is 6.71. The van der Waals surface area contributed by atoms with Crippen molar-refractivity contribution in [2.75, 3.05) is 7.11 Å². The molecule has 0 amide bonds. The van der Waals surface area contributed by atoms with Crippen LogP contribution in [0, 0.1) is 6.42 Å². The van der Waals surface area contributed by atoms with Crippen LogP contribution in [0.25, 0.3) is 0 Å². The molecule has 1 unspecified atom stereocenters. The third kappa shape index (κ3) is 1.37. The van der Waals surface area contributed by atoms with Gasteiger partial charge in [-0.25, -0.2) is 0 Å². The van der Waals surface area contributed by atoms with E-state index in [0.29, 0.717) is 0 Å². The van der Waals surface area contributed by atoms with Crippen LogP contribution < -0.4 is 4.74 Å². The van der Waals surface area contributed by atoms with Crippen molar-refractivity contribution in [3.8, 4) is 5.75 Å². The molecule has 1 aromatic rings. The van der Waals surface area contributed by atoms with Gasteiger partial charge in [-0.05, 0) is 36.5 Å². The minimum atomic E-state index is 0.723. The molecule has 0 saturated heterocycles. The van der Waals surface area contributed by atoms with Gasteiger partial charge in [0, 0.05) is 0 Å². The Morgan fingerprint density at radius 2 is 1.91 bits per heavy atom. The van der Waals surface area contributed by atoms with Crippen LogP contribution in [-0.2, 0) is 0 Å². The average Bonchev–Trinajstić information content (AvgIpc) is 2.87. The molecule has 1 radical (unpaired) electrons. The van der Waals surface area contributed by atoms with Gasteiger partial charge in [0.25, 0.3) is 0 Å². The molecule has 1 heteroatoms. The van der Waals surface area contributed by atoms with Crippen molar-refractivity contribution >= 4 is 0 Å². The Labute approximate surface area is 67.0 Å². The monoisotopic (exact) mass is 147 g/mol. The molecule has 1 aliphatic rings. The predicted octanol–water partition coefficient (Wildman–Crippen LogP) is 2.39. The van der Waals surface area contributed by atoms with Gasteiger partial charge in [0.15, 0.2) is 0 Å². The number of methoxy groups -OCH3 is 1. The highest BCUT2D eigenvalue weighted by atomic mass is 16.5. The number of ether oxygens (including phenoxy) is 1. The minimum absolute atomic E-state index is 0.723. The largest absolute Gasteiger partial charge is 0.497 e. The molecule has 0 bridgehead atoms. The smallest absolute Gasteiger partial charge is 0.118 e. The fourth-order valence-electron chi connectivity index (χ4n) is 1.19. The highest BCUT2D eigenvalue weighted by Crippen LogP contribution is 2.38. The molecular weight excluding hydrogens is 136 g/mol. The average molecular weight is 147 g/mol. The first-order valence-electron chi connectivity index (χ1n) is 3.87. The molecule has 1 fully saturated rings. The van der Waals surface area contributed by atoms with Crippen molar-refractivity contribution in [1.82, 2.24) is 0 Å². The Balaban J connectivity index is 2.19. The predicted molar refractivity (Wildman–Crippen MR) is 44.7 cm³/mol. The standard InChI is InChI=1S/C10H11O/c1-11-10-6-4-9(5-7-10)8-2-3-8/h2,4-8H,3H2,1H3. The zero-order valence-electron chi connectivity index (χ0n) is 6.58. The normalized spacial score (nSPS) is 16.5. The van der Waals surface area contributed by atoms with Crippen molar-refractivity contribution in [1.29, 1.82) is 0 Å². The molecule has 1 aliphatic carbocycles. The summed E-state index contributed by atoms with van der Waals surface area (Å²) in [6, 6.07) is 8.29. The maximum atomic E-state index is 5.06. The summed E-state index contributed by atoms with van der Waals surface area (Å²) in [7, 11) is 1.69. The van der Waals surface area contributed by atoms with Crippen molar-refractivity contribution in [2.45, 2.75) is 12.3 Å². The maximum Gasteiger partial charge on any atom is 0.118 e. The molecule has 1 saturated carbocycles. The first-order chi connectivity index (χ1) is 5.40. The molecule has 0 spiro atoms. The summed E-state index contributed by atoms with van der Waals surface area (Å²) in [6.45, 7) is 0. The Morgan fingerprint density at radius 3 is 2.36 bits per heavy atom. The van der Waals surface area contributed by atoms with Gasteiger partial charge in [-0.2, -0.15) is 0 Å². The van der Waals surface area contributed by atoms with E-state index in [9.17, 15) is 0 Å². The molecule has 1 nitrogen and oxygen atoms in total. The quantitative estimate of drug-likeness (QED) is 0.624. The Bertz CT molecular complexity index is 234. The van der Waals surface area contributed by atoms with Gasteiger partial charge in [0.2, 0.25) is 0 Å². The van der Waals surface area contributed by atoms with Crippen molar-refractivity contribution in [3.63, 3.8) is 0 Å². The molecule has 2 rings (SSSR count). The van der Waals surface area contributed by atoms with E-state index in [1.165, 1.54) is 12.0 Å². The second-order valence-corrected chi connectivity index (χ2v) is 2.85. The summed E-state index contributed by atoms with van der Waals surface area (Å²) in [5, 5.41) is 0. The molecule has 0 aromatic heterocycles. The Hall–Kier alpha value is -0.980. The Kier molecular flexibility index (Phi) is 1.57. The fraction of sp³-hybridized carbons (Fsp3) is 0.300. The SMILES string of the molecule is COc1ccc(C2[CH]C2)cc1. The summed E-state index contributed by atoms with van der Waals surface area (Å²) >= 11 is 0. The zero-order chi connectivity index (χ0) is 7.68. The molecule has 1 atom stereocenters.